The Morgan fingerprint density at radius 3 is 2.40 bits per heavy atom. The maximum absolute atomic E-state index is 11.1. The molecule has 0 aliphatic carbocycles. The highest BCUT2D eigenvalue weighted by Crippen LogP contribution is 2.18. The zero-order valence-corrected chi connectivity index (χ0v) is 8.57. The summed E-state index contributed by atoms with van der Waals surface area (Å²) in [4.78, 5) is 11.1. The molecule has 1 amide bonds. The van der Waals surface area contributed by atoms with Gasteiger partial charge in [0.25, 0.3) is 0 Å². The Morgan fingerprint density at radius 2 is 2.00 bits per heavy atom. The number of nitrogens with two attached hydrogens (primary N) is 1. The average molecular weight is 203 g/mol. The molecule has 1 aromatic carbocycles. The van der Waals surface area contributed by atoms with Crippen LogP contribution in [0.15, 0.2) is 43.0 Å². The molecule has 3 heteroatoms. The predicted octanol–water partition coefficient (Wildman–Crippen LogP) is 1.75. The van der Waals surface area contributed by atoms with Crippen molar-refractivity contribution in [1.29, 1.82) is 0 Å². The minimum absolute atomic E-state index is 0.438. The van der Waals surface area contributed by atoms with Gasteiger partial charge in [0.1, 0.15) is 5.75 Å². The molecule has 0 saturated heterocycles. The molecule has 0 aromatic heterocycles. The highest BCUT2D eigenvalue weighted by molar-refractivity contribution is 6.19. The number of amides is 1. The minimum Gasteiger partial charge on any atom is -0.497 e. The number of ether oxygens (including phenoxy) is 1. The maximum atomic E-state index is 11.1. The van der Waals surface area contributed by atoms with E-state index in [4.69, 9.17) is 10.5 Å². The molecule has 0 heterocycles. The van der Waals surface area contributed by atoms with Gasteiger partial charge in [-0.15, -0.1) is 0 Å². The van der Waals surface area contributed by atoms with Crippen LogP contribution >= 0.6 is 0 Å². The fraction of sp³-hybridized carbons (Fsp3) is 0.0833. The van der Waals surface area contributed by atoms with Crippen molar-refractivity contribution in [2.24, 2.45) is 5.73 Å². The van der Waals surface area contributed by atoms with E-state index in [1.807, 2.05) is 0 Å². The molecule has 78 valence electrons. The number of rotatable bonds is 4. The zero-order chi connectivity index (χ0) is 11.3. The fourth-order valence-electron chi connectivity index (χ4n) is 1.21. The molecule has 0 saturated carbocycles. The van der Waals surface area contributed by atoms with E-state index >= 15 is 0 Å². The SMILES string of the molecule is C=C/C=C(/C(N)=O)c1ccc(OC)cc1. The normalized spacial score (nSPS) is 10.9. The number of hydrogen-bond acceptors (Lipinski definition) is 2. The van der Waals surface area contributed by atoms with Gasteiger partial charge in [-0.1, -0.05) is 24.8 Å². The van der Waals surface area contributed by atoms with Gasteiger partial charge in [-0.3, -0.25) is 4.79 Å². The van der Waals surface area contributed by atoms with Crippen molar-refractivity contribution in [2.75, 3.05) is 7.11 Å². The lowest BCUT2D eigenvalue weighted by Crippen LogP contribution is -2.12. The van der Waals surface area contributed by atoms with Crippen molar-refractivity contribution in [2.45, 2.75) is 0 Å². The summed E-state index contributed by atoms with van der Waals surface area (Å²) in [5.41, 5.74) is 6.43. The van der Waals surface area contributed by atoms with E-state index in [2.05, 4.69) is 6.58 Å². The van der Waals surface area contributed by atoms with Gasteiger partial charge in [0.05, 0.1) is 7.11 Å². The zero-order valence-electron chi connectivity index (χ0n) is 8.57. The van der Waals surface area contributed by atoms with E-state index in [0.717, 1.165) is 11.3 Å². The smallest absolute Gasteiger partial charge is 0.249 e. The van der Waals surface area contributed by atoms with Crippen molar-refractivity contribution >= 4 is 11.5 Å². The molecule has 3 nitrogen and oxygen atoms in total. The van der Waals surface area contributed by atoms with E-state index < -0.39 is 5.91 Å². The number of carbonyl (C=O) groups is 1. The molecular formula is C12H13NO2. The molecule has 0 aliphatic heterocycles. The largest absolute Gasteiger partial charge is 0.497 e. The first kappa shape index (κ1) is 11.0. The van der Waals surface area contributed by atoms with Gasteiger partial charge in [0, 0.05) is 5.57 Å². The van der Waals surface area contributed by atoms with Crippen LogP contribution in [0.1, 0.15) is 5.56 Å². The molecule has 15 heavy (non-hydrogen) atoms. The van der Waals surface area contributed by atoms with Crippen LogP contribution in [-0.2, 0) is 4.79 Å². The summed E-state index contributed by atoms with van der Waals surface area (Å²) >= 11 is 0. The summed E-state index contributed by atoms with van der Waals surface area (Å²) in [7, 11) is 1.59. The van der Waals surface area contributed by atoms with E-state index in [-0.39, 0.29) is 0 Å². The number of primary amides is 1. The number of hydrogen-bond donors (Lipinski definition) is 1. The third-order valence-electron chi connectivity index (χ3n) is 1.95. The molecule has 0 unspecified atom stereocenters. The van der Waals surface area contributed by atoms with Crippen LogP contribution in [0.5, 0.6) is 5.75 Å². The Labute approximate surface area is 88.9 Å². The number of carbonyl (C=O) groups excluding carboxylic acids is 1. The van der Waals surface area contributed by atoms with Crippen molar-refractivity contribution < 1.29 is 9.53 Å². The van der Waals surface area contributed by atoms with Gasteiger partial charge in [-0.25, -0.2) is 0 Å². The second kappa shape index (κ2) is 5.00. The molecule has 2 N–H and O–H groups in total. The van der Waals surface area contributed by atoms with Gasteiger partial charge in [-0.05, 0) is 23.8 Å². The third kappa shape index (κ3) is 2.71. The Morgan fingerprint density at radius 1 is 1.40 bits per heavy atom. The number of methoxy groups -OCH3 is 1. The Kier molecular flexibility index (Phi) is 3.68. The summed E-state index contributed by atoms with van der Waals surface area (Å²) in [5.74, 6) is 0.265. The first-order chi connectivity index (χ1) is 7.19. The van der Waals surface area contributed by atoms with E-state index in [9.17, 15) is 4.79 Å². The lowest BCUT2D eigenvalue weighted by Gasteiger charge is -2.04. The highest BCUT2D eigenvalue weighted by Gasteiger charge is 2.06. The molecule has 0 fully saturated rings. The summed E-state index contributed by atoms with van der Waals surface area (Å²) in [6.45, 7) is 3.53. The van der Waals surface area contributed by atoms with Crippen molar-refractivity contribution in [3.63, 3.8) is 0 Å². The molecule has 0 atom stereocenters. The van der Waals surface area contributed by atoms with Crippen molar-refractivity contribution in [1.82, 2.24) is 0 Å². The van der Waals surface area contributed by atoms with E-state index in [1.165, 1.54) is 6.08 Å². The van der Waals surface area contributed by atoms with Crippen LogP contribution in [0.4, 0.5) is 0 Å². The van der Waals surface area contributed by atoms with Crippen LogP contribution in [0, 0.1) is 0 Å². The second-order valence-corrected chi connectivity index (χ2v) is 2.91. The average Bonchev–Trinajstić information content (AvgIpc) is 2.26. The van der Waals surface area contributed by atoms with Crippen LogP contribution in [-0.4, -0.2) is 13.0 Å². The number of benzene rings is 1. The van der Waals surface area contributed by atoms with Crippen LogP contribution < -0.4 is 10.5 Å². The van der Waals surface area contributed by atoms with Crippen molar-refractivity contribution in [3.8, 4) is 5.75 Å². The lowest BCUT2D eigenvalue weighted by molar-refractivity contribution is -0.112. The van der Waals surface area contributed by atoms with Crippen LogP contribution in [0.2, 0.25) is 0 Å². The molecular weight excluding hydrogens is 190 g/mol. The first-order valence-corrected chi connectivity index (χ1v) is 4.46. The third-order valence-corrected chi connectivity index (χ3v) is 1.95. The van der Waals surface area contributed by atoms with Gasteiger partial charge in [0.15, 0.2) is 0 Å². The van der Waals surface area contributed by atoms with Crippen molar-refractivity contribution in [3.05, 3.63) is 48.6 Å². The standard InChI is InChI=1S/C12H13NO2/c1-3-4-11(12(13)14)9-5-7-10(15-2)8-6-9/h3-8H,1H2,2H3,(H2,13,14)/b11-4+. The van der Waals surface area contributed by atoms with E-state index in [1.54, 1.807) is 37.5 Å². The molecule has 0 aliphatic rings. The fourth-order valence-corrected chi connectivity index (χ4v) is 1.21. The molecule has 0 bridgehead atoms. The summed E-state index contributed by atoms with van der Waals surface area (Å²) in [6, 6.07) is 7.10. The molecule has 1 aromatic rings. The Hall–Kier alpha value is -2.03. The van der Waals surface area contributed by atoms with Gasteiger partial charge in [-0.2, -0.15) is 0 Å². The topological polar surface area (TPSA) is 52.3 Å². The summed E-state index contributed by atoms with van der Waals surface area (Å²) < 4.78 is 5.01. The lowest BCUT2D eigenvalue weighted by atomic mass is 10.1. The van der Waals surface area contributed by atoms with E-state index in [0.29, 0.717) is 5.57 Å². The monoisotopic (exact) mass is 203 g/mol. The summed E-state index contributed by atoms with van der Waals surface area (Å²) in [5, 5.41) is 0. The first-order valence-electron chi connectivity index (χ1n) is 4.46. The molecule has 0 spiro atoms. The predicted molar refractivity (Wildman–Crippen MR) is 60.4 cm³/mol. The maximum Gasteiger partial charge on any atom is 0.249 e. The highest BCUT2D eigenvalue weighted by atomic mass is 16.5. The van der Waals surface area contributed by atoms with Crippen LogP contribution in [0.25, 0.3) is 5.57 Å². The van der Waals surface area contributed by atoms with Crippen LogP contribution in [0.3, 0.4) is 0 Å². The molecule has 0 radical (unpaired) electrons. The second-order valence-electron chi connectivity index (χ2n) is 2.91. The number of allylic oxidation sites excluding steroid dienone is 2. The quantitative estimate of drug-likeness (QED) is 0.598. The minimum atomic E-state index is -0.472. The van der Waals surface area contributed by atoms with Gasteiger partial charge in [0.2, 0.25) is 5.91 Å². The molecule has 1 rings (SSSR count). The Bertz CT molecular complexity index is 391. The van der Waals surface area contributed by atoms with Gasteiger partial charge >= 0.3 is 0 Å². The van der Waals surface area contributed by atoms with Gasteiger partial charge < -0.3 is 10.5 Å². The summed E-state index contributed by atoms with van der Waals surface area (Å²) in [6.07, 6.45) is 3.12. The Balaban J connectivity index is 3.07.